The molecule has 0 saturated heterocycles. The van der Waals surface area contributed by atoms with Gasteiger partial charge in [-0.1, -0.05) is 25.6 Å². The minimum absolute atomic E-state index is 0.109. The van der Waals surface area contributed by atoms with Crippen LogP contribution in [-0.4, -0.2) is 41.6 Å². The van der Waals surface area contributed by atoms with Gasteiger partial charge in [-0.25, -0.2) is 4.68 Å². The Bertz CT molecular complexity index is 619. The first-order valence-electron chi connectivity index (χ1n) is 6.65. The summed E-state index contributed by atoms with van der Waals surface area (Å²) in [4.78, 5) is 12.0. The number of aryl methyl sites for hydroxylation is 2. The van der Waals surface area contributed by atoms with Gasteiger partial charge in [0.25, 0.3) is 0 Å². The normalized spacial score (nSPS) is 11.1. The fourth-order valence-electron chi connectivity index (χ4n) is 1.80. The van der Waals surface area contributed by atoms with Crippen LogP contribution in [0.4, 0.5) is 5.82 Å². The highest BCUT2D eigenvalue weighted by molar-refractivity contribution is 7.99. The van der Waals surface area contributed by atoms with Crippen molar-refractivity contribution in [2.75, 3.05) is 11.1 Å². The van der Waals surface area contributed by atoms with Crippen molar-refractivity contribution in [1.82, 2.24) is 30.0 Å². The molecule has 0 aliphatic carbocycles. The average molecular weight is 309 g/mol. The highest BCUT2D eigenvalue weighted by atomic mass is 32.2. The Morgan fingerprint density at radius 3 is 2.86 bits per heavy atom. The van der Waals surface area contributed by atoms with Crippen molar-refractivity contribution in [3.63, 3.8) is 0 Å². The van der Waals surface area contributed by atoms with Crippen LogP contribution in [0.25, 0.3) is 0 Å². The van der Waals surface area contributed by atoms with E-state index in [1.54, 1.807) is 16.4 Å². The lowest BCUT2D eigenvalue weighted by Gasteiger charge is -2.07. The number of rotatable bonds is 6. The molecule has 0 spiro atoms. The zero-order valence-corrected chi connectivity index (χ0v) is 13.4. The van der Waals surface area contributed by atoms with Gasteiger partial charge in [-0.3, -0.25) is 9.48 Å². The molecule has 0 aliphatic rings. The molecule has 8 nitrogen and oxygen atoms in total. The number of tetrazole rings is 1. The molecule has 1 N–H and O–H groups in total. The standard InChI is InChI=1S/C12H19N7OS/c1-8(2)6-19-12(14-16-17-19)21-7-11(20)13-10-5-9(3)15-18(10)4/h5,8H,6-7H2,1-4H3,(H,13,20). The number of amides is 1. The summed E-state index contributed by atoms with van der Waals surface area (Å²) in [5, 5.41) is 19.2. The molecular weight excluding hydrogens is 290 g/mol. The van der Waals surface area contributed by atoms with Crippen molar-refractivity contribution in [2.24, 2.45) is 13.0 Å². The van der Waals surface area contributed by atoms with Gasteiger partial charge >= 0.3 is 0 Å². The summed E-state index contributed by atoms with van der Waals surface area (Å²) in [6.45, 7) is 6.80. The second-order valence-electron chi connectivity index (χ2n) is 5.17. The highest BCUT2D eigenvalue weighted by Crippen LogP contribution is 2.16. The maximum atomic E-state index is 12.0. The van der Waals surface area contributed by atoms with Crippen LogP contribution >= 0.6 is 11.8 Å². The molecule has 0 bridgehead atoms. The van der Waals surface area contributed by atoms with Crippen LogP contribution in [0.15, 0.2) is 11.2 Å². The van der Waals surface area contributed by atoms with Gasteiger partial charge in [-0.05, 0) is 23.3 Å². The minimum Gasteiger partial charge on any atom is -0.310 e. The van der Waals surface area contributed by atoms with E-state index in [0.717, 1.165) is 12.2 Å². The lowest BCUT2D eigenvalue weighted by molar-refractivity contribution is -0.113. The Balaban J connectivity index is 1.89. The molecule has 9 heteroatoms. The summed E-state index contributed by atoms with van der Waals surface area (Å²) in [7, 11) is 1.79. The first kappa shape index (κ1) is 15.5. The zero-order valence-electron chi connectivity index (χ0n) is 12.6. The minimum atomic E-state index is -0.109. The molecular formula is C12H19N7OS. The topological polar surface area (TPSA) is 90.5 Å². The quantitative estimate of drug-likeness (QED) is 0.804. The van der Waals surface area contributed by atoms with Gasteiger partial charge in [0.2, 0.25) is 11.1 Å². The third-order valence-electron chi connectivity index (χ3n) is 2.64. The van der Waals surface area contributed by atoms with Crippen molar-refractivity contribution in [3.05, 3.63) is 11.8 Å². The SMILES string of the molecule is Cc1cc(NC(=O)CSc2nnnn2CC(C)C)n(C)n1. The second-order valence-corrected chi connectivity index (χ2v) is 6.11. The van der Waals surface area contributed by atoms with Crippen LogP contribution in [0, 0.1) is 12.8 Å². The van der Waals surface area contributed by atoms with Crippen LogP contribution in [-0.2, 0) is 18.4 Å². The number of carbonyl (C=O) groups excluding carboxylic acids is 1. The van der Waals surface area contributed by atoms with E-state index in [0.29, 0.717) is 16.9 Å². The Labute approximate surface area is 127 Å². The summed E-state index contributed by atoms with van der Waals surface area (Å²) < 4.78 is 3.36. The molecule has 0 radical (unpaired) electrons. The van der Waals surface area contributed by atoms with Gasteiger partial charge in [0.1, 0.15) is 5.82 Å². The van der Waals surface area contributed by atoms with E-state index in [9.17, 15) is 4.79 Å². The molecule has 0 aromatic carbocycles. The summed E-state index contributed by atoms with van der Waals surface area (Å²) in [6.07, 6.45) is 0. The Morgan fingerprint density at radius 1 is 1.48 bits per heavy atom. The molecule has 114 valence electrons. The number of carbonyl (C=O) groups is 1. The summed E-state index contributed by atoms with van der Waals surface area (Å²) in [5.74, 6) is 1.27. The predicted octanol–water partition coefficient (Wildman–Crippen LogP) is 1.10. The fraction of sp³-hybridized carbons (Fsp3) is 0.583. The molecule has 0 saturated carbocycles. The number of nitrogens with zero attached hydrogens (tertiary/aromatic N) is 6. The first-order chi connectivity index (χ1) is 9.95. The molecule has 1 amide bonds. The average Bonchev–Trinajstić information content (AvgIpc) is 2.93. The number of anilines is 1. The molecule has 0 aliphatic heterocycles. The van der Waals surface area contributed by atoms with Gasteiger partial charge in [-0.2, -0.15) is 5.10 Å². The van der Waals surface area contributed by atoms with Crippen molar-refractivity contribution in [1.29, 1.82) is 0 Å². The number of thioether (sulfide) groups is 1. The molecule has 2 heterocycles. The Kier molecular flexibility index (Phi) is 4.94. The molecule has 2 aromatic rings. The van der Waals surface area contributed by atoms with E-state index in [4.69, 9.17) is 0 Å². The van der Waals surface area contributed by atoms with E-state index in [1.165, 1.54) is 11.8 Å². The summed E-state index contributed by atoms with van der Waals surface area (Å²) in [5.41, 5.74) is 0.862. The van der Waals surface area contributed by atoms with Crippen molar-refractivity contribution in [3.8, 4) is 0 Å². The first-order valence-corrected chi connectivity index (χ1v) is 7.63. The Hall–Kier alpha value is -1.90. The van der Waals surface area contributed by atoms with E-state index in [2.05, 4.69) is 39.8 Å². The van der Waals surface area contributed by atoms with E-state index >= 15 is 0 Å². The van der Waals surface area contributed by atoms with Gasteiger partial charge < -0.3 is 5.32 Å². The fourth-order valence-corrected chi connectivity index (χ4v) is 2.48. The monoisotopic (exact) mass is 309 g/mol. The third-order valence-corrected chi connectivity index (χ3v) is 3.60. The number of hydrogen-bond donors (Lipinski definition) is 1. The van der Waals surface area contributed by atoms with Crippen LogP contribution in [0.3, 0.4) is 0 Å². The number of aromatic nitrogens is 6. The van der Waals surface area contributed by atoms with Crippen LogP contribution in [0.5, 0.6) is 0 Å². The van der Waals surface area contributed by atoms with Gasteiger partial charge in [0.05, 0.1) is 11.4 Å². The predicted molar refractivity (Wildman–Crippen MR) is 80.0 cm³/mol. The van der Waals surface area contributed by atoms with Crippen LogP contribution < -0.4 is 5.32 Å². The molecule has 2 aromatic heterocycles. The molecule has 2 rings (SSSR count). The molecule has 0 fully saturated rings. The van der Waals surface area contributed by atoms with Gasteiger partial charge in [-0.15, -0.1) is 5.10 Å². The molecule has 21 heavy (non-hydrogen) atoms. The summed E-state index contributed by atoms with van der Waals surface area (Å²) in [6, 6.07) is 1.82. The maximum absolute atomic E-state index is 12.0. The van der Waals surface area contributed by atoms with E-state index in [1.807, 2.05) is 13.0 Å². The molecule has 0 unspecified atom stereocenters. The van der Waals surface area contributed by atoms with Gasteiger partial charge in [0.15, 0.2) is 0 Å². The zero-order chi connectivity index (χ0) is 15.4. The third kappa shape index (κ3) is 4.28. The lowest BCUT2D eigenvalue weighted by Crippen LogP contribution is -2.17. The second kappa shape index (κ2) is 6.70. The van der Waals surface area contributed by atoms with Gasteiger partial charge in [0, 0.05) is 19.7 Å². The van der Waals surface area contributed by atoms with E-state index < -0.39 is 0 Å². The van der Waals surface area contributed by atoms with Crippen molar-refractivity contribution >= 4 is 23.5 Å². The van der Waals surface area contributed by atoms with Crippen LogP contribution in [0.2, 0.25) is 0 Å². The van der Waals surface area contributed by atoms with Crippen LogP contribution in [0.1, 0.15) is 19.5 Å². The van der Waals surface area contributed by atoms with Crippen molar-refractivity contribution in [2.45, 2.75) is 32.5 Å². The summed E-state index contributed by atoms with van der Waals surface area (Å²) >= 11 is 1.32. The molecule has 0 atom stereocenters. The van der Waals surface area contributed by atoms with Crippen molar-refractivity contribution < 1.29 is 4.79 Å². The number of nitrogens with one attached hydrogen (secondary N) is 1. The highest BCUT2D eigenvalue weighted by Gasteiger charge is 2.12. The number of hydrogen-bond acceptors (Lipinski definition) is 6. The Morgan fingerprint density at radius 2 is 2.24 bits per heavy atom. The largest absolute Gasteiger partial charge is 0.310 e. The maximum Gasteiger partial charge on any atom is 0.235 e. The van der Waals surface area contributed by atoms with E-state index in [-0.39, 0.29) is 11.7 Å². The lowest BCUT2D eigenvalue weighted by atomic mass is 10.2. The smallest absolute Gasteiger partial charge is 0.235 e.